The van der Waals surface area contributed by atoms with Crippen LogP contribution in [-0.2, 0) is 0 Å². The Balaban J connectivity index is 1.85. The average Bonchev–Trinajstić information content (AvgIpc) is 2.91. The first-order valence-electron chi connectivity index (χ1n) is 7.25. The minimum absolute atomic E-state index is 0.305. The Kier molecular flexibility index (Phi) is 5.39. The summed E-state index contributed by atoms with van der Waals surface area (Å²) >= 11 is 0. The first-order chi connectivity index (χ1) is 9.33. The summed E-state index contributed by atoms with van der Waals surface area (Å²) in [7, 11) is 0. The summed E-state index contributed by atoms with van der Waals surface area (Å²) in [6.07, 6.45) is 6.40. The van der Waals surface area contributed by atoms with Gasteiger partial charge in [0, 0.05) is 25.9 Å². The molecule has 3 N–H and O–H groups in total. The molecule has 1 fully saturated rings. The molecule has 0 radical (unpaired) electrons. The van der Waals surface area contributed by atoms with Crippen molar-refractivity contribution in [2.45, 2.75) is 32.6 Å². The molecule has 0 amide bonds. The second-order valence-corrected chi connectivity index (χ2v) is 5.21. The maximum atomic E-state index is 9.31. The van der Waals surface area contributed by atoms with E-state index in [0.29, 0.717) is 24.4 Å². The van der Waals surface area contributed by atoms with Crippen LogP contribution in [0, 0.1) is 11.8 Å². The molecule has 0 aromatic carbocycles. The van der Waals surface area contributed by atoms with Crippen molar-refractivity contribution < 1.29 is 5.11 Å². The molecule has 19 heavy (non-hydrogen) atoms. The van der Waals surface area contributed by atoms with Gasteiger partial charge in [-0.05, 0) is 37.2 Å². The van der Waals surface area contributed by atoms with Crippen LogP contribution in [0.4, 0.5) is 11.8 Å². The van der Waals surface area contributed by atoms with E-state index in [4.69, 9.17) is 0 Å². The molecular weight excluding hydrogens is 240 g/mol. The molecule has 1 aliphatic rings. The fourth-order valence-corrected chi connectivity index (χ4v) is 2.64. The Morgan fingerprint density at radius 3 is 2.95 bits per heavy atom. The van der Waals surface area contributed by atoms with Crippen LogP contribution in [0.1, 0.15) is 32.6 Å². The van der Waals surface area contributed by atoms with Gasteiger partial charge in [0.1, 0.15) is 5.82 Å². The van der Waals surface area contributed by atoms with Crippen LogP contribution in [0.15, 0.2) is 12.3 Å². The van der Waals surface area contributed by atoms with Crippen molar-refractivity contribution in [3.05, 3.63) is 12.3 Å². The number of aromatic nitrogens is 2. The lowest BCUT2D eigenvalue weighted by atomic mass is 9.97. The zero-order valence-corrected chi connectivity index (χ0v) is 11.6. The number of aliphatic hydroxyl groups excluding tert-OH is 1. The highest BCUT2D eigenvalue weighted by molar-refractivity contribution is 5.39. The van der Waals surface area contributed by atoms with Gasteiger partial charge >= 0.3 is 0 Å². The van der Waals surface area contributed by atoms with Crippen molar-refractivity contribution in [1.82, 2.24) is 9.97 Å². The van der Waals surface area contributed by atoms with Crippen LogP contribution in [0.2, 0.25) is 0 Å². The topological polar surface area (TPSA) is 70.1 Å². The van der Waals surface area contributed by atoms with Gasteiger partial charge in [0.05, 0.1) is 0 Å². The monoisotopic (exact) mass is 264 g/mol. The number of aliphatic hydroxyl groups is 1. The Morgan fingerprint density at radius 2 is 2.16 bits per heavy atom. The summed E-state index contributed by atoms with van der Waals surface area (Å²) in [6, 6.07) is 1.89. The van der Waals surface area contributed by atoms with E-state index in [1.165, 1.54) is 12.8 Å². The van der Waals surface area contributed by atoms with Crippen LogP contribution in [0.25, 0.3) is 0 Å². The van der Waals surface area contributed by atoms with Gasteiger partial charge in [-0.15, -0.1) is 0 Å². The molecule has 0 spiro atoms. The fraction of sp³-hybridized carbons (Fsp3) is 0.714. The maximum Gasteiger partial charge on any atom is 0.224 e. The molecule has 106 valence electrons. The van der Waals surface area contributed by atoms with E-state index in [-0.39, 0.29) is 0 Å². The second kappa shape index (κ2) is 7.28. The summed E-state index contributed by atoms with van der Waals surface area (Å²) in [4.78, 5) is 8.61. The molecular formula is C14H24N4O. The molecule has 1 aromatic heterocycles. The Morgan fingerprint density at radius 1 is 1.32 bits per heavy atom. The lowest BCUT2D eigenvalue weighted by Gasteiger charge is -2.18. The van der Waals surface area contributed by atoms with E-state index in [0.717, 1.165) is 31.7 Å². The standard InChI is InChI=1S/C14H24N4O/c1-2-7-15-14-16-8-6-13(18-14)17-9-11-4-3-5-12(11)10-19/h6,8,11-12,19H,2-5,7,9-10H2,1H3,(H2,15,16,17,18). The fourth-order valence-electron chi connectivity index (χ4n) is 2.64. The molecule has 0 bridgehead atoms. The first-order valence-corrected chi connectivity index (χ1v) is 7.25. The van der Waals surface area contributed by atoms with Gasteiger partial charge in [-0.1, -0.05) is 13.3 Å². The van der Waals surface area contributed by atoms with Crippen LogP contribution in [-0.4, -0.2) is 34.8 Å². The van der Waals surface area contributed by atoms with Crippen molar-refractivity contribution in [3.8, 4) is 0 Å². The van der Waals surface area contributed by atoms with Crippen molar-refractivity contribution in [1.29, 1.82) is 0 Å². The molecule has 1 heterocycles. The zero-order chi connectivity index (χ0) is 13.5. The number of anilines is 2. The largest absolute Gasteiger partial charge is 0.396 e. The molecule has 2 rings (SSSR count). The number of hydrogen-bond donors (Lipinski definition) is 3. The minimum atomic E-state index is 0.305. The van der Waals surface area contributed by atoms with Gasteiger partial charge in [-0.3, -0.25) is 0 Å². The summed E-state index contributed by atoms with van der Waals surface area (Å²) in [5.74, 6) is 2.55. The van der Waals surface area contributed by atoms with Crippen LogP contribution >= 0.6 is 0 Å². The lowest BCUT2D eigenvalue weighted by molar-refractivity contribution is 0.199. The molecule has 0 aliphatic heterocycles. The normalized spacial score (nSPS) is 22.4. The minimum Gasteiger partial charge on any atom is -0.396 e. The Labute approximate surface area is 114 Å². The highest BCUT2D eigenvalue weighted by Crippen LogP contribution is 2.31. The summed E-state index contributed by atoms with van der Waals surface area (Å²) in [5.41, 5.74) is 0. The van der Waals surface area contributed by atoms with Crippen molar-refractivity contribution in [2.24, 2.45) is 11.8 Å². The summed E-state index contributed by atoms with van der Waals surface area (Å²) < 4.78 is 0. The number of nitrogens with one attached hydrogen (secondary N) is 2. The van der Waals surface area contributed by atoms with Gasteiger partial charge in [0.2, 0.25) is 5.95 Å². The Hall–Kier alpha value is -1.36. The average molecular weight is 264 g/mol. The third-order valence-corrected chi connectivity index (χ3v) is 3.79. The molecule has 1 saturated carbocycles. The van der Waals surface area contributed by atoms with Gasteiger partial charge in [-0.25, -0.2) is 4.98 Å². The van der Waals surface area contributed by atoms with Crippen LogP contribution < -0.4 is 10.6 Å². The molecule has 5 nitrogen and oxygen atoms in total. The van der Waals surface area contributed by atoms with E-state index in [9.17, 15) is 5.11 Å². The zero-order valence-electron chi connectivity index (χ0n) is 11.6. The van der Waals surface area contributed by atoms with E-state index < -0.39 is 0 Å². The smallest absolute Gasteiger partial charge is 0.224 e. The highest BCUT2D eigenvalue weighted by atomic mass is 16.3. The SMILES string of the molecule is CCCNc1nccc(NCC2CCCC2CO)n1. The molecule has 1 aliphatic carbocycles. The van der Waals surface area contributed by atoms with Gasteiger partial charge in [0.25, 0.3) is 0 Å². The highest BCUT2D eigenvalue weighted by Gasteiger charge is 2.26. The number of nitrogens with zero attached hydrogens (tertiary/aromatic N) is 2. The Bertz CT molecular complexity index is 385. The van der Waals surface area contributed by atoms with E-state index in [1.54, 1.807) is 6.20 Å². The van der Waals surface area contributed by atoms with Crippen molar-refractivity contribution in [3.63, 3.8) is 0 Å². The molecule has 2 atom stereocenters. The van der Waals surface area contributed by atoms with Crippen molar-refractivity contribution >= 4 is 11.8 Å². The summed E-state index contributed by atoms with van der Waals surface area (Å²) in [5, 5.41) is 15.9. The summed E-state index contributed by atoms with van der Waals surface area (Å²) in [6.45, 7) is 4.19. The lowest BCUT2D eigenvalue weighted by Crippen LogP contribution is -2.21. The third kappa shape index (κ3) is 4.06. The van der Waals surface area contributed by atoms with Crippen LogP contribution in [0.3, 0.4) is 0 Å². The van der Waals surface area contributed by atoms with Crippen LogP contribution in [0.5, 0.6) is 0 Å². The predicted molar refractivity (Wildman–Crippen MR) is 77.2 cm³/mol. The quantitative estimate of drug-likeness (QED) is 0.703. The first kappa shape index (κ1) is 14.1. The molecule has 5 heteroatoms. The predicted octanol–water partition coefficient (Wildman–Crippen LogP) is 2.12. The molecule has 1 aromatic rings. The maximum absolute atomic E-state index is 9.31. The van der Waals surface area contributed by atoms with Crippen molar-refractivity contribution in [2.75, 3.05) is 30.3 Å². The molecule has 2 unspecified atom stereocenters. The van der Waals surface area contributed by atoms with Gasteiger partial charge in [0.15, 0.2) is 0 Å². The van der Waals surface area contributed by atoms with E-state index in [2.05, 4.69) is 27.5 Å². The number of rotatable bonds is 7. The molecule has 0 saturated heterocycles. The number of hydrogen-bond acceptors (Lipinski definition) is 5. The van der Waals surface area contributed by atoms with Gasteiger partial charge < -0.3 is 15.7 Å². The second-order valence-electron chi connectivity index (χ2n) is 5.21. The third-order valence-electron chi connectivity index (χ3n) is 3.79. The van der Waals surface area contributed by atoms with Gasteiger partial charge in [-0.2, -0.15) is 4.98 Å². The van der Waals surface area contributed by atoms with E-state index in [1.807, 2.05) is 6.07 Å². The van der Waals surface area contributed by atoms with E-state index >= 15 is 0 Å².